The number of fused-ring (bicyclic) bond motifs is 1. The van der Waals surface area contributed by atoms with Gasteiger partial charge in [0.2, 0.25) is 11.9 Å². The average Bonchev–Trinajstić information content (AvgIpc) is 3.16. The number of amides is 2. The number of hydrogen-bond acceptors (Lipinski definition) is 6. The number of nitrogens with one attached hydrogen (secondary N) is 1. The van der Waals surface area contributed by atoms with E-state index in [9.17, 15) is 9.59 Å². The Labute approximate surface area is 208 Å². The Balaban J connectivity index is 1.52. The van der Waals surface area contributed by atoms with Crippen LogP contribution in [0.25, 0.3) is 0 Å². The van der Waals surface area contributed by atoms with Gasteiger partial charge in [0.1, 0.15) is 11.5 Å². The Morgan fingerprint density at radius 3 is 2.29 bits per heavy atom. The molecule has 0 unspecified atom stereocenters. The molecule has 0 spiro atoms. The number of anilines is 2. The van der Waals surface area contributed by atoms with E-state index in [4.69, 9.17) is 9.97 Å². The van der Waals surface area contributed by atoms with Gasteiger partial charge in [-0.15, -0.1) is 0 Å². The van der Waals surface area contributed by atoms with Gasteiger partial charge in [-0.2, -0.15) is 4.98 Å². The summed E-state index contributed by atoms with van der Waals surface area (Å²) < 4.78 is 0. The van der Waals surface area contributed by atoms with Crippen molar-refractivity contribution in [2.75, 3.05) is 42.9 Å². The summed E-state index contributed by atoms with van der Waals surface area (Å²) in [5, 5.41) is 3.50. The van der Waals surface area contributed by atoms with Gasteiger partial charge < -0.3 is 20.0 Å². The van der Waals surface area contributed by atoms with E-state index in [-0.39, 0.29) is 23.3 Å². The maximum absolute atomic E-state index is 13.1. The lowest BCUT2D eigenvalue weighted by molar-refractivity contribution is -0.129. The first-order valence-corrected chi connectivity index (χ1v) is 12.6. The van der Waals surface area contributed by atoms with Gasteiger partial charge >= 0.3 is 0 Å². The number of nitrogens with zero attached hydrogens (tertiary/aromatic N) is 5. The highest BCUT2D eigenvalue weighted by molar-refractivity contribution is 5.98. The van der Waals surface area contributed by atoms with Crippen LogP contribution in [0.15, 0.2) is 24.3 Å². The molecule has 2 aliphatic rings. The van der Waals surface area contributed by atoms with Crippen molar-refractivity contribution in [2.24, 2.45) is 0 Å². The summed E-state index contributed by atoms with van der Waals surface area (Å²) in [4.78, 5) is 40.1. The predicted octanol–water partition coefficient (Wildman–Crippen LogP) is 3.46. The molecule has 1 aromatic heterocycles. The molecule has 8 heteroatoms. The third-order valence-corrected chi connectivity index (χ3v) is 6.94. The minimum atomic E-state index is -0.0400. The van der Waals surface area contributed by atoms with Gasteiger partial charge in [0.05, 0.1) is 6.54 Å². The van der Waals surface area contributed by atoms with Crippen LogP contribution in [0.2, 0.25) is 0 Å². The predicted molar refractivity (Wildman–Crippen MR) is 139 cm³/mol. The van der Waals surface area contributed by atoms with Crippen LogP contribution in [0.5, 0.6) is 0 Å². The van der Waals surface area contributed by atoms with Crippen LogP contribution < -0.4 is 10.2 Å². The van der Waals surface area contributed by atoms with Gasteiger partial charge in [-0.25, -0.2) is 4.98 Å². The first-order valence-electron chi connectivity index (χ1n) is 12.6. The zero-order valence-electron chi connectivity index (χ0n) is 21.9. The lowest BCUT2D eigenvalue weighted by Crippen LogP contribution is -2.48. The van der Waals surface area contributed by atoms with E-state index in [2.05, 4.69) is 55.3 Å². The normalized spacial score (nSPS) is 16.2. The summed E-state index contributed by atoms with van der Waals surface area (Å²) in [6.07, 6.45) is 0.859. The molecule has 1 N–H and O–H groups in total. The van der Waals surface area contributed by atoms with Gasteiger partial charge in [0.15, 0.2) is 0 Å². The molecule has 1 saturated heterocycles. The number of carbonyl (C=O) groups is 2. The minimum absolute atomic E-state index is 0.0400. The van der Waals surface area contributed by atoms with Gasteiger partial charge in [-0.05, 0) is 36.8 Å². The highest BCUT2D eigenvalue weighted by Crippen LogP contribution is 2.31. The van der Waals surface area contributed by atoms with Crippen molar-refractivity contribution in [2.45, 2.75) is 66.0 Å². The second-order valence-electron chi connectivity index (χ2n) is 10.8. The van der Waals surface area contributed by atoms with E-state index in [0.29, 0.717) is 50.9 Å². The van der Waals surface area contributed by atoms with E-state index in [1.165, 1.54) is 11.1 Å². The fourth-order valence-corrected chi connectivity index (χ4v) is 4.60. The van der Waals surface area contributed by atoms with Crippen molar-refractivity contribution in [1.82, 2.24) is 19.8 Å². The summed E-state index contributed by atoms with van der Waals surface area (Å²) in [5.41, 5.74) is 4.09. The molecule has 0 atom stereocenters. The third-order valence-electron chi connectivity index (χ3n) is 6.94. The molecule has 8 nitrogen and oxygen atoms in total. The van der Waals surface area contributed by atoms with Gasteiger partial charge in [0.25, 0.3) is 5.91 Å². The average molecular weight is 479 g/mol. The van der Waals surface area contributed by atoms with Crippen LogP contribution in [-0.4, -0.2) is 70.3 Å². The molecule has 0 radical (unpaired) electrons. The zero-order chi connectivity index (χ0) is 25.3. The fourth-order valence-electron chi connectivity index (χ4n) is 4.60. The summed E-state index contributed by atoms with van der Waals surface area (Å²) in [7, 11) is 0. The van der Waals surface area contributed by atoms with E-state index >= 15 is 0 Å². The highest BCUT2D eigenvalue weighted by Gasteiger charge is 2.35. The zero-order valence-corrected chi connectivity index (χ0v) is 21.9. The van der Waals surface area contributed by atoms with Crippen molar-refractivity contribution in [1.29, 1.82) is 0 Å². The summed E-state index contributed by atoms with van der Waals surface area (Å²) in [6, 6.07) is 8.88. The molecule has 2 aliphatic heterocycles. The number of hydrogen-bond donors (Lipinski definition) is 1. The Morgan fingerprint density at radius 2 is 1.71 bits per heavy atom. The van der Waals surface area contributed by atoms with Gasteiger partial charge in [-0.1, -0.05) is 45.0 Å². The molecule has 35 heavy (non-hydrogen) atoms. The number of benzene rings is 1. The smallest absolute Gasteiger partial charge is 0.273 e. The quantitative estimate of drug-likeness (QED) is 0.685. The Morgan fingerprint density at radius 1 is 1.06 bits per heavy atom. The van der Waals surface area contributed by atoms with Gasteiger partial charge in [-0.3, -0.25) is 9.59 Å². The molecule has 4 rings (SSSR count). The summed E-state index contributed by atoms with van der Waals surface area (Å²) >= 11 is 0. The van der Waals surface area contributed by atoms with E-state index < -0.39 is 0 Å². The lowest BCUT2D eigenvalue weighted by atomic mass is 9.86. The molecule has 1 fully saturated rings. The van der Waals surface area contributed by atoms with E-state index in [0.717, 1.165) is 17.8 Å². The van der Waals surface area contributed by atoms with Crippen LogP contribution in [0, 0.1) is 0 Å². The van der Waals surface area contributed by atoms with E-state index in [1.54, 1.807) is 6.92 Å². The Bertz CT molecular complexity index is 1080. The van der Waals surface area contributed by atoms with Crippen molar-refractivity contribution in [3.8, 4) is 0 Å². The first kappa shape index (κ1) is 24.9. The molecular formula is C27H38N6O2. The van der Waals surface area contributed by atoms with Crippen molar-refractivity contribution < 1.29 is 9.59 Å². The molecule has 2 amide bonds. The van der Waals surface area contributed by atoms with Crippen LogP contribution in [0.4, 0.5) is 11.8 Å². The molecule has 188 valence electrons. The molecule has 2 aromatic rings. The number of carbonyl (C=O) groups excluding carboxylic acids is 2. The minimum Gasteiger partial charge on any atom is -0.369 e. The molecule has 3 heterocycles. The topological polar surface area (TPSA) is 81.7 Å². The number of rotatable bonds is 6. The molecule has 0 saturated carbocycles. The standard InChI is InChI=1S/C27H38N6O2/c1-18(2)33-17-22-23(25(33)35)29-26(32-15-13-31(14-16-32)19(3)34)30-24(22)28-12-11-20-7-9-21(10-8-20)27(4,5)6/h7-10,18H,11-17H2,1-6H3,(H,28,29,30). The van der Waals surface area contributed by atoms with Crippen LogP contribution >= 0.6 is 0 Å². The Hall–Kier alpha value is -3.16. The summed E-state index contributed by atoms with van der Waals surface area (Å²) in [5.74, 6) is 1.34. The number of piperazine rings is 1. The van der Waals surface area contributed by atoms with E-state index in [1.807, 2.05) is 23.6 Å². The maximum Gasteiger partial charge on any atom is 0.273 e. The summed E-state index contributed by atoms with van der Waals surface area (Å²) in [6.45, 7) is 16.1. The second kappa shape index (κ2) is 9.84. The van der Waals surface area contributed by atoms with Crippen LogP contribution in [0.3, 0.4) is 0 Å². The molecule has 0 bridgehead atoms. The molecule has 1 aromatic carbocycles. The van der Waals surface area contributed by atoms with Gasteiger partial charge in [0, 0.05) is 51.3 Å². The SMILES string of the molecule is CC(=O)N1CCN(c2nc(NCCc3ccc(C(C)(C)C)cc3)c3c(n2)C(=O)N(C(C)C)C3)CC1. The number of aromatic nitrogens is 2. The highest BCUT2D eigenvalue weighted by atomic mass is 16.2. The maximum atomic E-state index is 13.1. The fraction of sp³-hybridized carbons (Fsp3) is 0.556. The molecule has 0 aliphatic carbocycles. The van der Waals surface area contributed by atoms with Crippen LogP contribution in [-0.2, 0) is 23.2 Å². The Kier molecular flexibility index (Phi) is 7.01. The lowest BCUT2D eigenvalue weighted by Gasteiger charge is -2.34. The monoisotopic (exact) mass is 478 g/mol. The van der Waals surface area contributed by atoms with Crippen molar-refractivity contribution >= 4 is 23.6 Å². The first-order chi connectivity index (χ1) is 16.5. The van der Waals surface area contributed by atoms with Crippen molar-refractivity contribution in [3.63, 3.8) is 0 Å². The molecular weight excluding hydrogens is 440 g/mol. The third kappa shape index (κ3) is 5.41. The van der Waals surface area contributed by atoms with Crippen molar-refractivity contribution in [3.05, 3.63) is 46.6 Å². The second-order valence-corrected chi connectivity index (χ2v) is 10.8. The van der Waals surface area contributed by atoms with Crippen LogP contribution in [0.1, 0.15) is 68.7 Å². The largest absolute Gasteiger partial charge is 0.369 e.